The van der Waals surface area contributed by atoms with Crippen LogP contribution in [0.5, 0.6) is 11.5 Å². The van der Waals surface area contributed by atoms with Crippen LogP contribution in [0, 0.1) is 0 Å². The van der Waals surface area contributed by atoms with Gasteiger partial charge < -0.3 is 13.6 Å². The number of rotatable bonds is 5. The van der Waals surface area contributed by atoms with Crippen molar-refractivity contribution in [2.24, 2.45) is 0 Å². The predicted octanol–water partition coefficient (Wildman–Crippen LogP) is 15.9. The summed E-state index contributed by atoms with van der Waals surface area (Å²) in [5.74, 6) is 2.96. The average molecular weight is 845 g/mol. The summed E-state index contributed by atoms with van der Waals surface area (Å²) in [5, 5.41) is 2.44. The minimum absolute atomic E-state index is 0.605. The summed E-state index contributed by atoms with van der Waals surface area (Å²) in [6.45, 7) is 0. The SMILES string of the molecule is c1ccc2c(c1)Oc1ccccc1C21c2cc(-c3cc(-c4ccc(-c5nc6ccccc6o5)cc4)cc(-c4ccc(-c5nc6ccccc6o5)cc4)c3)ccc2-c2cc3ccccc3cc21. The maximum Gasteiger partial charge on any atom is 0.227 e. The van der Waals surface area contributed by atoms with Gasteiger partial charge in [-0.2, -0.15) is 0 Å². The number of hydrogen-bond donors (Lipinski definition) is 0. The van der Waals surface area contributed by atoms with Gasteiger partial charge in [-0.3, -0.25) is 0 Å². The Labute approximate surface area is 379 Å². The molecule has 0 saturated carbocycles. The molecule has 2 aliphatic rings. The van der Waals surface area contributed by atoms with E-state index >= 15 is 0 Å². The van der Waals surface area contributed by atoms with Gasteiger partial charge in [0.15, 0.2) is 11.2 Å². The lowest BCUT2D eigenvalue weighted by molar-refractivity contribution is 0.436. The van der Waals surface area contributed by atoms with E-state index in [0.29, 0.717) is 11.8 Å². The second kappa shape index (κ2) is 14.1. The third kappa shape index (κ3) is 5.53. The number of oxazole rings is 2. The van der Waals surface area contributed by atoms with Gasteiger partial charge in [-0.15, -0.1) is 0 Å². The van der Waals surface area contributed by atoms with Crippen molar-refractivity contribution < 1.29 is 13.6 Å². The average Bonchev–Trinajstić information content (AvgIpc) is 4.09. The first kappa shape index (κ1) is 36.7. The van der Waals surface area contributed by atoms with Gasteiger partial charge in [-0.05, 0) is 163 Å². The molecular weight excluding hydrogens is 809 g/mol. The lowest BCUT2D eigenvalue weighted by atomic mass is 9.65. The molecule has 0 radical (unpaired) electrons. The molecule has 1 spiro atoms. The van der Waals surface area contributed by atoms with Crippen LogP contribution in [0.1, 0.15) is 22.3 Å². The fourth-order valence-corrected chi connectivity index (χ4v) is 10.5. The van der Waals surface area contributed by atoms with Crippen molar-refractivity contribution in [1.29, 1.82) is 0 Å². The molecule has 0 amide bonds. The highest BCUT2D eigenvalue weighted by Gasteiger charge is 2.51. The molecule has 2 aromatic heterocycles. The molecule has 5 nitrogen and oxygen atoms in total. The lowest BCUT2D eigenvalue weighted by Crippen LogP contribution is -2.32. The van der Waals surface area contributed by atoms with Crippen molar-refractivity contribution in [3.63, 3.8) is 0 Å². The Hall–Kier alpha value is -8.80. The minimum Gasteiger partial charge on any atom is -0.457 e. The Balaban J connectivity index is 0.955. The second-order valence-corrected chi connectivity index (χ2v) is 17.3. The summed E-state index contributed by atoms with van der Waals surface area (Å²) < 4.78 is 19.0. The molecule has 10 aromatic carbocycles. The van der Waals surface area contributed by atoms with E-state index in [1.807, 2.05) is 48.5 Å². The van der Waals surface area contributed by atoms with E-state index in [2.05, 4.69) is 170 Å². The van der Waals surface area contributed by atoms with Crippen LogP contribution in [-0.2, 0) is 5.41 Å². The quantitative estimate of drug-likeness (QED) is 0.173. The Kier molecular flexibility index (Phi) is 7.83. The summed E-state index contributed by atoms with van der Waals surface area (Å²) in [7, 11) is 0. The lowest BCUT2D eigenvalue weighted by Gasteiger charge is -2.39. The van der Waals surface area contributed by atoms with Crippen LogP contribution in [0.3, 0.4) is 0 Å². The van der Waals surface area contributed by atoms with Gasteiger partial charge in [0.25, 0.3) is 0 Å². The van der Waals surface area contributed by atoms with Gasteiger partial charge >= 0.3 is 0 Å². The van der Waals surface area contributed by atoms with Gasteiger partial charge in [0.1, 0.15) is 22.5 Å². The van der Waals surface area contributed by atoms with Crippen LogP contribution < -0.4 is 4.74 Å². The molecule has 0 atom stereocenters. The fourth-order valence-electron chi connectivity index (χ4n) is 10.5. The summed E-state index contributed by atoms with van der Waals surface area (Å²) in [4.78, 5) is 9.54. The Morgan fingerprint density at radius 1 is 0.303 bits per heavy atom. The van der Waals surface area contributed by atoms with Crippen molar-refractivity contribution >= 4 is 33.0 Å². The first-order valence-electron chi connectivity index (χ1n) is 22.3. The zero-order valence-electron chi connectivity index (χ0n) is 35.4. The summed E-state index contributed by atoms with van der Waals surface area (Å²) in [6, 6.07) is 77.4. The van der Waals surface area contributed by atoms with E-state index in [1.54, 1.807) is 0 Å². The molecule has 1 aliphatic heterocycles. The maximum atomic E-state index is 6.71. The molecule has 3 heterocycles. The third-order valence-corrected chi connectivity index (χ3v) is 13.6. The van der Waals surface area contributed by atoms with E-state index in [0.717, 1.165) is 89.3 Å². The van der Waals surface area contributed by atoms with Crippen molar-refractivity contribution in [3.8, 4) is 78.9 Å². The molecule has 0 saturated heterocycles. The third-order valence-electron chi connectivity index (χ3n) is 13.6. The molecule has 14 rings (SSSR count). The smallest absolute Gasteiger partial charge is 0.227 e. The van der Waals surface area contributed by atoms with Crippen LogP contribution in [0.4, 0.5) is 0 Å². The molecule has 0 unspecified atom stereocenters. The van der Waals surface area contributed by atoms with E-state index in [4.69, 9.17) is 23.5 Å². The topological polar surface area (TPSA) is 61.3 Å². The van der Waals surface area contributed by atoms with E-state index in [1.165, 1.54) is 33.0 Å². The van der Waals surface area contributed by atoms with Gasteiger partial charge in [-0.25, -0.2) is 9.97 Å². The Morgan fingerprint density at radius 3 is 1.30 bits per heavy atom. The van der Waals surface area contributed by atoms with Crippen LogP contribution >= 0.6 is 0 Å². The normalized spacial score (nSPS) is 13.1. The minimum atomic E-state index is -0.613. The van der Waals surface area contributed by atoms with Crippen LogP contribution in [0.2, 0.25) is 0 Å². The van der Waals surface area contributed by atoms with Crippen LogP contribution in [0.25, 0.3) is 100 Å². The molecule has 0 bridgehead atoms. The summed E-state index contributed by atoms with van der Waals surface area (Å²) in [5.41, 5.74) is 18.4. The van der Waals surface area contributed by atoms with Crippen LogP contribution in [-0.4, -0.2) is 9.97 Å². The van der Waals surface area contributed by atoms with Crippen molar-refractivity contribution in [2.75, 3.05) is 0 Å². The van der Waals surface area contributed by atoms with Crippen molar-refractivity contribution in [2.45, 2.75) is 5.41 Å². The maximum absolute atomic E-state index is 6.71. The van der Waals surface area contributed by atoms with E-state index in [-0.39, 0.29) is 0 Å². The molecule has 0 N–H and O–H groups in total. The Bertz CT molecular complexity index is 3670. The predicted molar refractivity (Wildman–Crippen MR) is 264 cm³/mol. The second-order valence-electron chi connectivity index (χ2n) is 17.3. The Morgan fingerprint density at radius 2 is 0.742 bits per heavy atom. The highest BCUT2D eigenvalue weighted by atomic mass is 16.5. The van der Waals surface area contributed by atoms with Gasteiger partial charge in [0.05, 0.1) is 5.41 Å². The first-order valence-corrected chi connectivity index (χ1v) is 22.3. The van der Waals surface area contributed by atoms with Crippen molar-refractivity contribution in [1.82, 2.24) is 9.97 Å². The molecule has 5 heteroatoms. The summed E-state index contributed by atoms with van der Waals surface area (Å²) >= 11 is 0. The number of para-hydroxylation sites is 6. The zero-order chi connectivity index (χ0) is 43.3. The monoisotopic (exact) mass is 844 g/mol. The van der Waals surface area contributed by atoms with Gasteiger partial charge in [-0.1, -0.05) is 121 Å². The standard InChI is InChI=1S/C61H36N2O3/c1-2-12-42-35-52-48(34-41(42)11-1)47-30-29-43(36-51(47)61(52)49-13-3-7-17-55(49)64-56-18-8-4-14-50(56)61)46-32-44(37-21-25-39(26-22-37)59-62-53-15-5-9-19-57(53)65-59)31-45(33-46)38-23-27-40(28-24-38)60-63-54-16-6-10-20-58(54)66-60/h1-36H. The van der Waals surface area contributed by atoms with Gasteiger partial charge in [0, 0.05) is 22.3 Å². The van der Waals surface area contributed by atoms with E-state index in [9.17, 15) is 0 Å². The molecular formula is C61H36N2O3. The molecule has 12 aromatic rings. The van der Waals surface area contributed by atoms with Crippen LogP contribution in [0.15, 0.2) is 227 Å². The van der Waals surface area contributed by atoms with E-state index < -0.39 is 5.41 Å². The molecule has 1 aliphatic carbocycles. The zero-order valence-corrected chi connectivity index (χ0v) is 35.4. The number of nitrogens with zero attached hydrogens (tertiary/aromatic N) is 2. The fraction of sp³-hybridized carbons (Fsp3) is 0.0164. The molecule has 0 fully saturated rings. The number of fused-ring (bicyclic) bond motifs is 12. The summed E-state index contributed by atoms with van der Waals surface area (Å²) in [6.07, 6.45) is 0. The highest BCUT2D eigenvalue weighted by molar-refractivity contribution is 5.98. The largest absolute Gasteiger partial charge is 0.457 e. The molecule has 66 heavy (non-hydrogen) atoms. The number of ether oxygens (including phenoxy) is 1. The number of aromatic nitrogens is 2. The molecule has 308 valence electrons. The highest BCUT2D eigenvalue weighted by Crippen LogP contribution is 2.63. The van der Waals surface area contributed by atoms with Gasteiger partial charge in [0.2, 0.25) is 11.8 Å². The number of benzene rings is 10. The first-order chi connectivity index (χ1) is 32.6. The number of hydrogen-bond acceptors (Lipinski definition) is 5. The van der Waals surface area contributed by atoms with Crippen molar-refractivity contribution in [3.05, 3.63) is 241 Å².